The summed E-state index contributed by atoms with van der Waals surface area (Å²) in [6.45, 7) is 0.459. The first-order valence-electron chi connectivity index (χ1n) is 2.87. The third-order valence-electron chi connectivity index (χ3n) is 1.07. The Labute approximate surface area is 70.2 Å². The van der Waals surface area contributed by atoms with Crippen molar-refractivity contribution in [1.29, 1.82) is 0 Å². The first-order chi connectivity index (χ1) is 4.83. The lowest BCUT2D eigenvalue weighted by Crippen LogP contribution is -2.21. The van der Waals surface area contributed by atoms with E-state index >= 15 is 0 Å². The van der Waals surface area contributed by atoms with Crippen LogP contribution in [0.15, 0.2) is 18.3 Å². The van der Waals surface area contributed by atoms with Crippen LogP contribution in [0.25, 0.3) is 0 Å². The van der Waals surface area contributed by atoms with Crippen molar-refractivity contribution in [1.82, 2.24) is 10.4 Å². The monoisotopic (exact) mass is 177 g/mol. The average Bonchev–Trinajstić information content (AvgIpc) is 1.95. The number of rotatable bonds is 2. The number of aromatic nitrogens is 1. The van der Waals surface area contributed by atoms with E-state index < -0.39 is 0 Å². The van der Waals surface area contributed by atoms with Crippen molar-refractivity contribution in [3.8, 4) is 0 Å². The maximum absolute atomic E-state index is 12.2. The molecular formula is C6H9ClFN3. The van der Waals surface area contributed by atoms with E-state index in [1.807, 2.05) is 0 Å². The minimum absolute atomic E-state index is 0. The lowest BCUT2D eigenvalue weighted by molar-refractivity contribution is 0.616. The molecule has 0 aliphatic rings. The molecule has 1 aromatic rings. The maximum Gasteiger partial charge on any atom is 0.141 e. The van der Waals surface area contributed by atoms with Gasteiger partial charge in [-0.3, -0.25) is 16.3 Å². The van der Waals surface area contributed by atoms with Gasteiger partial charge in [0.25, 0.3) is 0 Å². The zero-order valence-electron chi connectivity index (χ0n) is 5.75. The molecule has 0 aliphatic carbocycles. The number of hydrogen-bond acceptors (Lipinski definition) is 3. The van der Waals surface area contributed by atoms with Gasteiger partial charge in [-0.05, 0) is 12.1 Å². The van der Waals surface area contributed by atoms with Crippen LogP contribution in [-0.4, -0.2) is 4.98 Å². The molecule has 0 saturated heterocycles. The van der Waals surface area contributed by atoms with E-state index in [4.69, 9.17) is 5.84 Å². The van der Waals surface area contributed by atoms with Gasteiger partial charge in [0.2, 0.25) is 0 Å². The van der Waals surface area contributed by atoms with Crippen molar-refractivity contribution in [2.45, 2.75) is 6.54 Å². The lowest BCUT2D eigenvalue weighted by atomic mass is 10.3. The normalized spacial score (nSPS) is 8.91. The minimum Gasteiger partial charge on any atom is -0.271 e. The summed E-state index contributed by atoms with van der Waals surface area (Å²) < 4.78 is 12.2. The van der Waals surface area contributed by atoms with E-state index in [2.05, 4.69) is 10.4 Å². The SMILES string of the molecule is Cl.NNCc1ccc(F)cn1. The Hall–Kier alpha value is -0.710. The van der Waals surface area contributed by atoms with E-state index in [1.165, 1.54) is 6.07 Å². The summed E-state index contributed by atoms with van der Waals surface area (Å²) in [6, 6.07) is 2.93. The number of pyridine rings is 1. The Kier molecular flexibility index (Phi) is 4.69. The van der Waals surface area contributed by atoms with Crippen LogP contribution in [0.2, 0.25) is 0 Å². The Morgan fingerprint density at radius 3 is 2.73 bits per heavy atom. The molecule has 1 rings (SSSR count). The summed E-state index contributed by atoms with van der Waals surface area (Å²) in [7, 11) is 0. The molecule has 0 aromatic carbocycles. The van der Waals surface area contributed by atoms with Gasteiger partial charge in [-0.15, -0.1) is 12.4 Å². The zero-order chi connectivity index (χ0) is 7.40. The van der Waals surface area contributed by atoms with Gasteiger partial charge in [-0.25, -0.2) is 4.39 Å². The number of hydrogen-bond donors (Lipinski definition) is 2. The van der Waals surface area contributed by atoms with Gasteiger partial charge in [0.05, 0.1) is 18.4 Å². The number of hydrazine groups is 1. The highest BCUT2D eigenvalue weighted by Gasteiger charge is 1.91. The van der Waals surface area contributed by atoms with Crippen molar-refractivity contribution < 1.29 is 4.39 Å². The molecule has 1 aromatic heterocycles. The van der Waals surface area contributed by atoms with E-state index in [-0.39, 0.29) is 18.2 Å². The van der Waals surface area contributed by atoms with Gasteiger partial charge in [0, 0.05) is 0 Å². The molecule has 0 amide bonds. The second-order valence-electron chi connectivity index (χ2n) is 1.85. The van der Waals surface area contributed by atoms with E-state index in [9.17, 15) is 4.39 Å². The third-order valence-corrected chi connectivity index (χ3v) is 1.07. The van der Waals surface area contributed by atoms with Crippen molar-refractivity contribution in [2.24, 2.45) is 5.84 Å². The molecule has 0 spiro atoms. The van der Waals surface area contributed by atoms with Crippen LogP contribution in [-0.2, 0) is 6.54 Å². The Balaban J connectivity index is 0.000001000. The van der Waals surface area contributed by atoms with Crippen LogP contribution in [0.4, 0.5) is 4.39 Å². The third kappa shape index (κ3) is 3.27. The predicted molar refractivity (Wildman–Crippen MR) is 42.5 cm³/mol. The minimum atomic E-state index is -0.333. The standard InChI is InChI=1S/C6H8FN3.ClH/c7-5-1-2-6(4-10-8)9-3-5;/h1-3,10H,4,8H2;1H. The summed E-state index contributed by atoms with van der Waals surface area (Å²) in [5, 5.41) is 0. The lowest BCUT2D eigenvalue weighted by Gasteiger charge is -1.96. The van der Waals surface area contributed by atoms with Gasteiger partial charge in [-0.2, -0.15) is 0 Å². The second kappa shape index (κ2) is 5.01. The first-order valence-corrected chi connectivity index (χ1v) is 2.87. The van der Waals surface area contributed by atoms with Crippen LogP contribution in [0.3, 0.4) is 0 Å². The Bertz CT molecular complexity index is 201. The van der Waals surface area contributed by atoms with Crippen LogP contribution < -0.4 is 11.3 Å². The number of nitrogens with one attached hydrogen (secondary N) is 1. The molecule has 1 heterocycles. The van der Waals surface area contributed by atoms with Crippen LogP contribution in [0, 0.1) is 5.82 Å². The number of halogens is 2. The fraction of sp³-hybridized carbons (Fsp3) is 0.167. The molecule has 0 unspecified atom stereocenters. The molecular weight excluding hydrogens is 169 g/mol. The van der Waals surface area contributed by atoms with Gasteiger partial charge in [0.15, 0.2) is 0 Å². The van der Waals surface area contributed by atoms with Crippen LogP contribution in [0.5, 0.6) is 0 Å². The topological polar surface area (TPSA) is 50.9 Å². The largest absolute Gasteiger partial charge is 0.271 e. The fourth-order valence-corrected chi connectivity index (χ4v) is 0.616. The van der Waals surface area contributed by atoms with Gasteiger partial charge < -0.3 is 0 Å². The van der Waals surface area contributed by atoms with E-state index in [1.54, 1.807) is 6.07 Å². The second-order valence-corrected chi connectivity index (χ2v) is 1.85. The molecule has 0 fully saturated rings. The molecule has 5 heteroatoms. The van der Waals surface area contributed by atoms with E-state index in [0.717, 1.165) is 11.9 Å². The fourth-order valence-electron chi connectivity index (χ4n) is 0.616. The first kappa shape index (κ1) is 10.3. The molecule has 11 heavy (non-hydrogen) atoms. The molecule has 3 nitrogen and oxygen atoms in total. The van der Waals surface area contributed by atoms with Gasteiger partial charge >= 0.3 is 0 Å². The van der Waals surface area contributed by atoms with E-state index in [0.29, 0.717) is 6.54 Å². The summed E-state index contributed by atoms with van der Waals surface area (Å²) in [6.07, 6.45) is 1.16. The summed E-state index contributed by atoms with van der Waals surface area (Å²) >= 11 is 0. The molecule has 0 atom stereocenters. The summed E-state index contributed by atoms with van der Waals surface area (Å²) in [5.74, 6) is 4.68. The molecule has 0 radical (unpaired) electrons. The van der Waals surface area contributed by atoms with Crippen molar-refractivity contribution >= 4 is 12.4 Å². The Morgan fingerprint density at radius 1 is 1.55 bits per heavy atom. The smallest absolute Gasteiger partial charge is 0.141 e. The molecule has 0 aliphatic heterocycles. The molecule has 0 bridgehead atoms. The Morgan fingerprint density at radius 2 is 2.27 bits per heavy atom. The highest BCUT2D eigenvalue weighted by Crippen LogP contribution is 1.96. The zero-order valence-corrected chi connectivity index (χ0v) is 6.57. The van der Waals surface area contributed by atoms with Crippen LogP contribution in [0.1, 0.15) is 5.69 Å². The molecule has 62 valence electrons. The van der Waals surface area contributed by atoms with Crippen molar-refractivity contribution in [3.63, 3.8) is 0 Å². The maximum atomic E-state index is 12.2. The number of nitrogens with zero attached hydrogens (tertiary/aromatic N) is 1. The van der Waals surface area contributed by atoms with Crippen LogP contribution >= 0.6 is 12.4 Å². The van der Waals surface area contributed by atoms with Crippen molar-refractivity contribution in [3.05, 3.63) is 29.8 Å². The van der Waals surface area contributed by atoms with Gasteiger partial charge in [-0.1, -0.05) is 0 Å². The quantitative estimate of drug-likeness (QED) is 0.514. The molecule has 0 saturated carbocycles. The summed E-state index contributed by atoms with van der Waals surface area (Å²) in [4.78, 5) is 3.75. The number of nitrogens with two attached hydrogens (primary N) is 1. The highest BCUT2D eigenvalue weighted by molar-refractivity contribution is 5.85. The molecule has 3 N–H and O–H groups in total. The van der Waals surface area contributed by atoms with Crippen molar-refractivity contribution in [2.75, 3.05) is 0 Å². The average molecular weight is 178 g/mol. The summed E-state index contributed by atoms with van der Waals surface area (Å²) in [5.41, 5.74) is 3.14. The highest BCUT2D eigenvalue weighted by atomic mass is 35.5. The predicted octanol–water partition coefficient (Wildman–Crippen LogP) is 0.606. The van der Waals surface area contributed by atoms with Gasteiger partial charge in [0.1, 0.15) is 5.82 Å².